The van der Waals surface area contributed by atoms with Crippen molar-refractivity contribution in [1.82, 2.24) is 24.5 Å². The maximum Gasteiger partial charge on any atom is 0.352 e. The van der Waals surface area contributed by atoms with E-state index in [-0.39, 0.29) is 18.5 Å². The molecule has 0 saturated heterocycles. The number of aryl methyl sites for hydroxylation is 1. The summed E-state index contributed by atoms with van der Waals surface area (Å²) in [6.45, 7) is 3.40. The highest BCUT2D eigenvalue weighted by molar-refractivity contribution is 5.76. The fourth-order valence-corrected chi connectivity index (χ4v) is 3.63. The Labute approximate surface area is 190 Å². The summed E-state index contributed by atoms with van der Waals surface area (Å²) in [7, 11) is 3.20. The van der Waals surface area contributed by atoms with Crippen molar-refractivity contribution in [1.29, 1.82) is 0 Å². The van der Waals surface area contributed by atoms with Gasteiger partial charge in [0, 0.05) is 11.6 Å². The zero-order valence-corrected chi connectivity index (χ0v) is 18.9. The van der Waals surface area contributed by atoms with Crippen LogP contribution in [0.2, 0.25) is 0 Å². The molecule has 0 radical (unpaired) electrons. The van der Waals surface area contributed by atoms with Crippen LogP contribution < -0.4 is 20.5 Å². The number of rotatable bonds is 7. The lowest BCUT2D eigenvalue weighted by molar-refractivity contribution is -0.122. The summed E-state index contributed by atoms with van der Waals surface area (Å²) in [5.74, 6) is 1.61. The Morgan fingerprint density at radius 3 is 2.48 bits per heavy atom. The van der Waals surface area contributed by atoms with Crippen molar-refractivity contribution in [3.8, 4) is 22.8 Å². The van der Waals surface area contributed by atoms with Gasteiger partial charge in [0.25, 0.3) is 0 Å². The van der Waals surface area contributed by atoms with Gasteiger partial charge in [-0.1, -0.05) is 12.1 Å². The van der Waals surface area contributed by atoms with Gasteiger partial charge in [-0.3, -0.25) is 4.79 Å². The number of nitrogens with zero attached hydrogens (tertiary/aromatic N) is 4. The number of benzene rings is 2. The molecule has 4 rings (SSSR count). The minimum Gasteiger partial charge on any atom is -0.497 e. The first-order valence-corrected chi connectivity index (χ1v) is 10.4. The van der Waals surface area contributed by atoms with E-state index in [4.69, 9.17) is 9.47 Å². The molecule has 0 aliphatic heterocycles. The quantitative estimate of drug-likeness (QED) is 0.468. The largest absolute Gasteiger partial charge is 0.497 e. The number of carbonyl (C=O) groups excluding carboxylic acids is 1. The summed E-state index contributed by atoms with van der Waals surface area (Å²) >= 11 is 0. The number of carbonyl (C=O) groups is 1. The second-order valence-electron chi connectivity index (χ2n) is 7.62. The van der Waals surface area contributed by atoms with Crippen molar-refractivity contribution in [2.45, 2.75) is 26.4 Å². The molecule has 9 nitrogen and oxygen atoms in total. The van der Waals surface area contributed by atoms with Crippen LogP contribution >= 0.6 is 0 Å². The summed E-state index contributed by atoms with van der Waals surface area (Å²) < 4.78 is 13.0. The van der Waals surface area contributed by atoms with Crippen molar-refractivity contribution in [3.05, 3.63) is 76.5 Å². The third kappa shape index (κ3) is 4.57. The van der Waals surface area contributed by atoms with Gasteiger partial charge >= 0.3 is 5.69 Å². The summed E-state index contributed by atoms with van der Waals surface area (Å²) in [5, 5.41) is 7.26. The van der Waals surface area contributed by atoms with Gasteiger partial charge in [0.2, 0.25) is 5.91 Å². The van der Waals surface area contributed by atoms with Crippen molar-refractivity contribution in [2.24, 2.45) is 0 Å². The van der Waals surface area contributed by atoms with E-state index in [0.717, 1.165) is 21.6 Å². The van der Waals surface area contributed by atoms with Gasteiger partial charge in [-0.2, -0.15) is 0 Å². The minimum atomic E-state index is -0.416. The van der Waals surface area contributed by atoms with Crippen LogP contribution in [0.25, 0.3) is 16.9 Å². The molecule has 9 heteroatoms. The second kappa shape index (κ2) is 9.15. The maximum atomic E-state index is 12.9. The Kier molecular flexibility index (Phi) is 6.12. The molecule has 1 amide bonds. The fourth-order valence-electron chi connectivity index (χ4n) is 3.63. The molecule has 0 bridgehead atoms. The van der Waals surface area contributed by atoms with E-state index in [2.05, 4.69) is 15.4 Å². The molecular weight excluding hydrogens is 422 g/mol. The first-order valence-electron chi connectivity index (χ1n) is 10.4. The van der Waals surface area contributed by atoms with Gasteiger partial charge < -0.3 is 14.8 Å². The average Bonchev–Trinajstić information content (AvgIpc) is 3.14. The van der Waals surface area contributed by atoms with E-state index in [0.29, 0.717) is 22.9 Å². The van der Waals surface area contributed by atoms with E-state index in [1.165, 1.54) is 4.40 Å². The highest BCUT2D eigenvalue weighted by atomic mass is 16.5. The molecule has 0 fully saturated rings. The molecule has 1 N–H and O–H groups in total. The van der Waals surface area contributed by atoms with Crippen molar-refractivity contribution < 1.29 is 14.3 Å². The lowest BCUT2D eigenvalue weighted by Crippen LogP contribution is -2.34. The molecular formula is C24H25N5O4. The summed E-state index contributed by atoms with van der Waals surface area (Å²) in [6.07, 6.45) is 0. The van der Waals surface area contributed by atoms with Crippen LogP contribution in [0.4, 0.5) is 0 Å². The molecule has 0 aliphatic rings. The van der Waals surface area contributed by atoms with Gasteiger partial charge in [0.05, 0.1) is 26.0 Å². The topological polar surface area (TPSA) is 99.8 Å². The fraction of sp³-hybridized carbons (Fsp3) is 0.250. The zero-order valence-electron chi connectivity index (χ0n) is 18.9. The Morgan fingerprint density at radius 2 is 1.79 bits per heavy atom. The van der Waals surface area contributed by atoms with Crippen LogP contribution in [-0.4, -0.2) is 39.3 Å². The minimum absolute atomic E-state index is 0.202. The Morgan fingerprint density at radius 1 is 1.06 bits per heavy atom. The monoisotopic (exact) mass is 447 g/mol. The average molecular weight is 447 g/mol. The summed E-state index contributed by atoms with van der Waals surface area (Å²) in [4.78, 5) is 30.0. The third-order valence-corrected chi connectivity index (χ3v) is 5.39. The number of methoxy groups -OCH3 is 2. The number of aromatic nitrogens is 4. The second-order valence-corrected chi connectivity index (χ2v) is 7.62. The lowest BCUT2D eigenvalue weighted by Gasteiger charge is -2.15. The molecule has 1 atom stereocenters. The molecule has 170 valence electrons. The van der Waals surface area contributed by atoms with E-state index >= 15 is 0 Å². The van der Waals surface area contributed by atoms with Crippen LogP contribution in [0.1, 0.15) is 24.4 Å². The predicted octanol–water partition coefficient (Wildman–Crippen LogP) is 2.76. The molecule has 2 heterocycles. The van der Waals surface area contributed by atoms with Crippen LogP contribution in [-0.2, 0) is 11.3 Å². The number of fused-ring (bicyclic) bond motifs is 1. The molecule has 0 saturated carbocycles. The van der Waals surface area contributed by atoms with Crippen LogP contribution in [0.15, 0.2) is 59.4 Å². The van der Waals surface area contributed by atoms with Crippen LogP contribution in [0.3, 0.4) is 0 Å². The predicted molar refractivity (Wildman–Crippen MR) is 124 cm³/mol. The smallest absolute Gasteiger partial charge is 0.352 e. The Hall–Kier alpha value is -4.14. The molecule has 0 aliphatic carbocycles. The van der Waals surface area contributed by atoms with E-state index in [1.54, 1.807) is 27.2 Å². The molecule has 2 aromatic heterocycles. The van der Waals surface area contributed by atoms with E-state index in [9.17, 15) is 9.59 Å². The standard InChI is InChI=1S/C24H25N5O4/c1-15(18-6-5-7-20(12-18)33-4)25-23(30)14-28-24(31)29-16(2)26-21(13-22(29)27-28)17-8-10-19(32-3)11-9-17/h5-13,15H,14H2,1-4H3,(H,25,30)/t15-/m0/s1. The van der Waals surface area contributed by atoms with E-state index in [1.807, 2.05) is 55.5 Å². The van der Waals surface area contributed by atoms with Gasteiger partial charge in [-0.25, -0.2) is 18.9 Å². The van der Waals surface area contributed by atoms with Crippen LogP contribution in [0.5, 0.6) is 11.5 Å². The number of ether oxygens (including phenoxy) is 2. The number of hydrogen-bond donors (Lipinski definition) is 1. The molecule has 0 unspecified atom stereocenters. The SMILES string of the molecule is COc1ccc(-c2cc3nn(CC(=O)N[C@@H](C)c4cccc(OC)c4)c(=O)n3c(C)n2)cc1. The normalized spacial score (nSPS) is 11.9. The first-order chi connectivity index (χ1) is 15.9. The molecule has 2 aromatic carbocycles. The summed E-state index contributed by atoms with van der Waals surface area (Å²) in [6, 6.07) is 16.4. The van der Waals surface area contributed by atoms with Crippen molar-refractivity contribution >= 4 is 11.6 Å². The highest BCUT2D eigenvalue weighted by Crippen LogP contribution is 2.22. The third-order valence-electron chi connectivity index (χ3n) is 5.39. The maximum absolute atomic E-state index is 12.9. The van der Waals surface area contributed by atoms with E-state index < -0.39 is 5.69 Å². The van der Waals surface area contributed by atoms with Gasteiger partial charge in [0.1, 0.15) is 23.9 Å². The lowest BCUT2D eigenvalue weighted by atomic mass is 10.1. The number of hydrogen-bond acceptors (Lipinski definition) is 6. The van der Waals surface area contributed by atoms with Crippen LogP contribution in [0, 0.1) is 6.92 Å². The number of nitrogens with one attached hydrogen (secondary N) is 1. The van der Waals surface area contributed by atoms with Gasteiger partial charge in [-0.15, -0.1) is 5.10 Å². The van der Waals surface area contributed by atoms with Crippen molar-refractivity contribution in [2.75, 3.05) is 14.2 Å². The van der Waals surface area contributed by atoms with Gasteiger partial charge in [0.15, 0.2) is 5.65 Å². The molecule has 33 heavy (non-hydrogen) atoms. The molecule has 0 spiro atoms. The number of amides is 1. The van der Waals surface area contributed by atoms with Crippen molar-refractivity contribution in [3.63, 3.8) is 0 Å². The summed E-state index contributed by atoms with van der Waals surface area (Å²) in [5.41, 5.74) is 2.45. The highest BCUT2D eigenvalue weighted by Gasteiger charge is 2.16. The van der Waals surface area contributed by atoms with Gasteiger partial charge in [-0.05, 0) is 55.8 Å². The Bertz CT molecular complexity index is 1360. The zero-order chi connectivity index (χ0) is 23.5. The Balaban J connectivity index is 1.56. The molecule has 4 aromatic rings. The first kappa shape index (κ1) is 22.1.